The van der Waals surface area contributed by atoms with Gasteiger partial charge in [-0.3, -0.25) is 9.59 Å². The minimum atomic E-state index is -0.394. The molecule has 6 nitrogen and oxygen atoms in total. The van der Waals surface area contributed by atoms with E-state index in [9.17, 15) is 9.59 Å². The summed E-state index contributed by atoms with van der Waals surface area (Å²) < 4.78 is 4.90. The lowest BCUT2D eigenvalue weighted by molar-refractivity contribution is -0.141. The van der Waals surface area contributed by atoms with Crippen LogP contribution in [0.3, 0.4) is 0 Å². The fourth-order valence-corrected chi connectivity index (χ4v) is 2.10. The Hall–Kier alpha value is -1.14. The zero-order chi connectivity index (χ0) is 14.1. The van der Waals surface area contributed by atoms with E-state index in [-0.39, 0.29) is 11.8 Å². The van der Waals surface area contributed by atoms with Gasteiger partial charge >= 0.3 is 0 Å². The van der Waals surface area contributed by atoms with Crippen LogP contribution in [0.4, 0.5) is 0 Å². The van der Waals surface area contributed by atoms with Crippen molar-refractivity contribution in [1.82, 2.24) is 15.5 Å². The first kappa shape index (κ1) is 15.9. The van der Waals surface area contributed by atoms with E-state index in [0.717, 1.165) is 19.4 Å². The smallest absolute Gasteiger partial charge is 0.244 e. The van der Waals surface area contributed by atoms with E-state index in [1.807, 2.05) is 0 Å². The van der Waals surface area contributed by atoms with E-state index in [1.165, 1.54) is 0 Å². The topological polar surface area (TPSA) is 70.7 Å². The highest BCUT2D eigenvalue weighted by atomic mass is 16.5. The van der Waals surface area contributed by atoms with Crippen molar-refractivity contribution in [3.63, 3.8) is 0 Å². The fourth-order valence-electron chi connectivity index (χ4n) is 2.10. The van der Waals surface area contributed by atoms with Gasteiger partial charge in [0.05, 0.1) is 6.61 Å². The Balaban J connectivity index is 2.51. The van der Waals surface area contributed by atoms with E-state index in [2.05, 4.69) is 17.6 Å². The van der Waals surface area contributed by atoms with Crippen LogP contribution in [0.5, 0.6) is 0 Å². The predicted molar refractivity (Wildman–Crippen MR) is 72.8 cm³/mol. The van der Waals surface area contributed by atoms with Crippen molar-refractivity contribution in [1.29, 1.82) is 0 Å². The van der Waals surface area contributed by atoms with Gasteiger partial charge in [0.2, 0.25) is 11.8 Å². The molecule has 1 fully saturated rings. The summed E-state index contributed by atoms with van der Waals surface area (Å²) in [5, 5.41) is 5.96. The van der Waals surface area contributed by atoms with Gasteiger partial charge in [0.25, 0.3) is 0 Å². The van der Waals surface area contributed by atoms with Crippen LogP contribution >= 0.6 is 0 Å². The summed E-state index contributed by atoms with van der Waals surface area (Å²) in [5.41, 5.74) is 0. The van der Waals surface area contributed by atoms with Crippen molar-refractivity contribution >= 4 is 11.8 Å². The minimum Gasteiger partial charge on any atom is -0.383 e. The van der Waals surface area contributed by atoms with Crippen LogP contribution in [0.1, 0.15) is 26.2 Å². The average molecular weight is 271 g/mol. The van der Waals surface area contributed by atoms with E-state index in [0.29, 0.717) is 32.7 Å². The Bertz CT molecular complexity index is 297. The summed E-state index contributed by atoms with van der Waals surface area (Å²) in [6.45, 7) is 4.89. The standard InChI is InChI=1S/C13H25N3O3/c1-3-4-5-12(17)16-8-6-14-10-11(16)13(18)15-7-9-19-2/h11,14H,3-10H2,1-2H3,(H,15,18). The summed E-state index contributed by atoms with van der Waals surface area (Å²) in [6.07, 6.45) is 2.39. The van der Waals surface area contributed by atoms with Crippen molar-refractivity contribution < 1.29 is 14.3 Å². The number of hydrogen-bond donors (Lipinski definition) is 2. The number of ether oxygens (including phenoxy) is 1. The zero-order valence-electron chi connectivity index (χ0n) is 11.9. The number of carbonyl (C=O) groups is 2. The SMILES string of the molecule is CCCCC(=O)N1CCNCC1C(=O)NCCOC. The summed E-state index contributed by atoms with van der Waals surface area (Å²) in [6, 6.07) is -0.394. The number of methoxy groups -OCH3 is 1. The summed E-state index contributed by atoms with van der Waals surface area (Å²) in [5.74, 6) is -0.0238. The molecule has 0 spiro atoms. The summed E-state index contributed by atoms with van der Waals surface area (Å²) >= 11 is 0. The van der Waals surface area contributed by atoms with E-state index < -0.39 is 6.04 Å². The Morgan fingerprint density at radius 1 is 1.47 bits per heavy atom. The molecule has 1 aliphatic rings. The van der Waals surface area contributed by atoms with Crippen LogP contribution in [0.2, 0.25) is 0 Å². The molecule has 0 radical (unpaired) electrons. The molecule has 1 saturated heterocycles. The van der Waals surface area contributed by atoms with Crippen LogP contribution in [0.15, 0.2) is 0 Å². The molecule has 0 aliphatic carbocycles. The Kier molecular flexibility index (Phi) is 7.43. The second kappa shape index (κ2) is 8.87. The fraction of sp³-hybridized carbons (Fsp3) is 0.846. The van der Waals surface area contributed by atoms with Gasteiger partial charge in [-0.25, -0.2) is 0 Å². The molecule has 0 saturated carbocycles. The first-order chi connectivity index (χ1) is 9.20. The van der Waals surface area contributed by atoms with Gasteiger partial charge < -0.3 is 20.3 Å². The van der Waals surface area contributed by atoms with Gasteiger partial charge in [0, 0.05) is 39.7 Å². The first-order valence-corrected chi connectivity index (χ1v) is 6.97. The number of nitrogens with one attached hydrogen (secondary N) is 2. The van der Waals surface area contributed by atoms with Crippen LogP contribution in [0.25, 0.3) is 0 Å². The first-order valence-electron chi connectivity index (χ1n) is 6.97. The van der Waals surface area contributed by atoms with E-state index in [4.69, 9.17) is 4.74 Å². The van der Waals surface area contributed by atoms with Gasteiger partial charge in [-0.1, -0.05) is 13.3 Å². The molecule has 19 heavy (non-hydrogen) atoms. The lowest BCUT2D eigenvalue weighted by Gasteiger charge is -2.35. The number of unbranched alkanes of at least 4 members (excludes halogenated alkanes) is 1. The monoisotopic (exact) mass is 271 g/mol. The second-order valence-corrected chi connectivity index (χ2v) is 4.69. The van der Waals surface area contributed by atoms with Gasteiger partial charge in [0.1, 0.15) is 6.04 Å². The van der Waals surface area contributed by atoms with Gasteiger partial charge in [-0.05, 0) is 6.42 Å². The highest BCUT2D eigenvalue weighted by Crippen LogP contribution is 2.08. The van der Waals surface area contributed by atoms with Crippen molar-refractivity contribution in [2.45, 2.75) is 32.2 Å². The van der Waals surface area contributed by atoms with E-state index in [1.54, 1.807) is 12.0 Å². The minimum absolute atomic E-state index is 0.0789. The molecule has 1 aliphatic heterocycles. The number of piperazine rings is 1. The maximum atomic E-state index is 12.1. The quantitative estimate of drug-likeness (QED) is 0.626. The molecule has 110 valence electrons. The van der Waals surface area contributed by atoms with Crippen molar-refractivity contribution in [3.05, 3.63) is 0 Å². The number of hydrogen-bond acceptors (Lipinski definition) is 4. The largest absolute Gasteiger partial charge is 0.383 e. The molecule has 0 aromatic carbocycles. The second-order valence-electron chi connectivity index (χ2n) is 4.69. The van der Waals surface area contributed by atoms with Crippen LogP contribution in [-0.2, 0) is 14.3 Å². The molecule has 1 heterocycles. The number of rotatable bonds is 7. The Labute approximate surface area is 114 Å². The summed E-state index contributed by atoms with van der Waals surface area (Å²) in [4.78, 5) is 25.9. The van der Waals surface area contributed by atoms with Gasteiger partial charge in [0.15, 0.2) is 0 Å². The molecular formula is C13H25N3O3. The van der Waals surface area contributed by atoms with E-state index >= 15 is 0 Å². The lowest BCUT2D eigenvalue weighted by atomic mass is 10.1. The molecule has 2 amide bonds. The third kappa shape index (κ3) is 5.16. The Morgan fingerprint density at radius 3 is 2.95 bits per heavy atom. The molecule has 6 heteroatoms. The lowest BCUT2D eigenvalue weighted by Crippen LogP contribution is -2.59. The van der Waals surface area contributed by atoms with Crippen LogP contribution in [-0.4, -0.2) is 62.7 Å². The highest BCUT2D eigenvalue weighted by molar-refractivity contribution is 5.88. The molecular weight excluding hydrogens is 246 g/mol. The Morgan fingerprint density at radius 2 is 2.26 bits per heavy atom. The van der Waals surface area contributed by atoms with Gasteiger partial charge in [-0.2, -0.15) is 0 Å². The third-order valence-electron chi connectivity index (χ3n) is 3.22. The maximum absolute atomic E-state index is 12.1. The van der Waals surface area contributed by atoms with Crippen molar-refractivity contribution in [2.24, 2.45) is 0 Å². The van der Waals surface area contributed by atoms with Crippen molar-refractivity contribution in [2.75, 3.05) is 39.9 Å². The molecule has 1 unspecified atom stereocenters. The normalized spacial score (nSPS) is 19.3. The molecule has 0 bridgehead atoms. The number of nitrogens with zero attached hydrogens (tertiary/aromatic N) is 1. The molecule has 0 aromatic heterocycles. The van der Waals surface area contributed by atoms with Gasteiger partial charge in [-0.15, -0.1) is 0 Å². The van der Waals surface area contributed by atoms with Crippen LogP contribution < -0.4 is 10.6 Å². The summed E-state index contributed by atoms with van der Waals surface area (Å²) in [7, 11) is 1.59. The number of carbonyl (C=O) groups excluding carboxylic acids is 2. The number of amides is 2. The predicted octanol–water partition coefficient (Wildman–Crippen LogP) is -0.260. The zero-order valence-corrected chi connectivity index (χ0v) is 11.9. The van der Waals surface area contributed by atoms with Crippen LogP contribution in [0, 0.1) is 0 Å². The molecule has 1 atom stereocenters. The molecule has 2 N–H and O–H groups in total. The highest BCUT2D eigenvalue weighted by Gasteiger charge is 2.31. The molecule has 0 aromatic rings. The third-order valence-corrected chi connectivity index (χ3v) is 3.22. The molecule has 1 rings (SSSR count). The maximum Gasteiger partial charge on any atom is 0.244 e. The van der Waals surface area contributed by atoms with Crippen molar-refractivity contribution in [3.8, 4) is 0 Å². The average Bonchev–Trinajstić information content (AvgIpc) is 2.45.